The zero-order valence-corrected chi connectivity index (χ0v) is 16.3. The van der Waals surface area contributed by atoms with E-state index in [1.165, 1.54) is 0 Å². The van der Waals surface area contributed by atoms with E-state index in [9.17, 15) is 4.79 Å². The molecule has 0 radical (unpaired) electrons. The molecule has 0 spiro atoms. The van der Waals surface area contributed by atoms with E-state index in [2.05, 4.69) is 18.2 Å². The van der Waals surface area contributed by atoms with Crippen molar-refractivity contribution in [1.29, 1.82) is 0 Å². The third kappa shape index (κ3) is 2.23. The number of hydrogen-bond donors (Lipinski definition) is 0. The van der Waals surface area contributed by atoms with E-state index in [-0.39, 0.29) is 17.3 Å². The van der Waals surface area contributed by atoms with Gasteiger partial charge in [-0.1, -0.05) is 42.5 Å². The van der Waals surface area contributed by atoms with Crippen molar-refractivity contribution in [2.75, 3.05) is 6.61 Å². The molecule has 4 nitrogen and oxygen atoms in total. The smallest absolute Gasteiger partial charge is 0.293 e. The van der Waals surface area contributed by atoms with Crippen LogP contribution in [0, 0.1) is 5.92 Å². The zero-order valence-electron chi connectivity index (χ0n) is 16.3. The van der Waals surface area contributed by atoms with Crippen LogP contribution < -0.4 is 14.9 Å². The average Bonchev–Trinajstić information content (AvgIpc) is 2.72. The topological polar surface area (TPSA) is 48.7 Å². The van der Waals surface area contributed by atoms with Gasteiger partial charge in [-0.25, -0.2) is 0 Å². The van der Waals surface area contributed by atoms with Crippen molar-refractivity contribution in [3.05, 3.63) is 82.0 Å². The summed E-state index contributed by atoms with van der Waals surface area (Å²) in [5.74, 6) is 1.02. The van der Waals surface area contributed by atoms with E-state index in [1.807, 2.05) is 56.3 Å². The van der Waals surface area contributed by atoms with Crippen LogP contribution in [0.2, 0.25) is 0 Å². The molecular weight excluding hydrogens is 364 g/mol. The Morgan fingerprint density at radius 3 is 2.52 bits per heavy atom. The summed E-state index contributed by atoms with van der Waals surface area (Å²) in [6.45, 7) is 4.58. The van der Waals surface area contributed by atoms with Crippen LogP contribution in [-0.2, 0) is 0 Å². The maximum absolute atomic E-state index is 13.6. The Bertz CT molecular complexity index is 1350. The molecule has 29 heavy (non-hydrogen) atoms. The first kappa shape index (κ1) is 16.7. The van der Waals surface area contributed by atoms with Gasteiger partial charge in [-0.05, 0) is 42.8 Å². The summed E-state index contributed by atoms with van der Waals surface area (Å²) in [5, 5.41) is 2.82. The van der Waals surface area contributed by atoms with Crippen LogP contribution in [0.15, 0.2) is 69.9 Å². The van der Waals surface area contributed by atoms with Crippen molar-refractivity contribution in [3.63, 3.8) is 0 Å². The molecule has 0 unspecified atom stereocenters. The molecular formula is C25H20O4. The van der Waals surface area contributed by atoms with Crippen molar-refractivity contribution < 1.29 is 13.9 Å². The van der Waals surface area contributed by atoms with Crippen LogP contribution in [0.1, 0.15) is 30.9 Å². The fourth-order valence-electron chi connectivity index (χ4n) is 4.94. The summed E-state index contributed by atoms with van der Waals surface area (Å²) in [7, 11) is 0. The summed E-state index contributed by atoms with van der Waals surface area (Å²) >= 11 is 0. The lowest BCUT2D eigenvalue weighted by Gasteiger charge is -2.46. The molecule has 1 aromatic heterocycles. The highest BCUT2D eigenvalue weighted by Crippen LogP contribution is 2.53. The molecule has 0 bridgehead atoms. The van der Waals surface area contributed by atoms with Gasteiger partial charge in [-0.15, -0.1) is 0 Å². The number of fused-ring (bicyclic) bond motifs is 8. The van der Waals surface area contributed by atoms with E-state index < -0.39 is 5.60 Å². The second-order valence-corrected chi connectivity index (χ2v) is 8.43. The van der Waals surface area contributed by atoms with Gasteiger partial charge in [0, 0.05) is 17.4 Å². The predicted molar refractivity (Wildman–Crippen MR) is 112 cm³/mol. The Morgan fingerprint density at radius 1 is 0.897 bits per heavy atom. The van der Waals surface area contributed by atoms with E-state index in [0.717, 1.165) is 22.1 Å². The van der Waals surface area contributed by atoms with Gasteiger partial charge < -0.3 is 13.9 Å². The van der Waals surface area contributed by atoms with E-state index in [1.54, 1.807) is 0 Å². The molecule has 3 aromatic carbocycles. The molecule has 4 aromatic rings. The Hall–Kier alpha value is -3.27. The monoisotopic (exact) mass is 384 g/mol. The second kappa shape index (κ2) is 5.63. The Morgan fingerprint density at radius 2 is 1.66 bits per heavy atom. The number of rotatable bonds is 0. The van der Waals surface area contributed by atoms with Crippen LogP contribution in [0.5, 0.6) is 11.7 Å². The fraction of sp³-hybridized carbons (Fsp3) is 0.240. The summed E-state index contributed by atoms with van der Waals surface area (Å²) in [6.07, 6.45) is 0. The maximum Gasteiger partial charge on any atom is 0.293 e. The summed E-state index contributed by atoms with van der Waals surface area (Å²) in [5.41, 5.74) is 1.65. The quantitative estimate of drug-likeness (QED) is 0.415. The first-order valence-electron chi connectivity index (χ1n) is 9.94. The van der Waals surface area contributed by atoms with Crippen LogP contribution in [0.4, 0.5) is 0 Å². The maximum atomic E-state index is 13.6. The summed E-state index contributed by atoms with van der Waals surface area (Å²) in [6, 6.07) is 19.7. The number of hydrogen-bond acceptors (Lipinski definition) is 4. The van der Waals surface area contributed by atoms with Gasteiger partial charge >= 0.3 is 0 Å². The molecule has 2 aliphatic rings. The predicted octanol–water partition coefficient (Wildman–Crippen LogP) is 5.26. The van der Waals surface area contributed by atoms with Gasteiger partial charge in [-0.2, -0.15) is 0 Å². The van der Waals surface area contributed by atoms with Crippen molar-refractivity contribution in [2.24, 2.45) is 5.92 Å². The highest BCUT2D eigenvalue weighted by Gasteiger charge is 2.50. The largest absolute Gasteiger partial charge is 0.493 e. The molecule has 0 fully saturated rings. The first-order chi connectivity index (χ1) is 14.0. The van der Waals surface area contributed by atoms with Gasteiger partial charge in [-0.3, -0.25) is 4.79 Å². The zero-order chi connectivity index (χ0) is 19.8. The van der Waals surface area contributed by atoms with Crippen LogP contribution in [0.3, 0.4) is 0 Å². The van der Waals surface area contributed by atoms with Gasteiger partial charge in [0.25, 0.3) is 5.95 Å². The normalized spacial score (nSPS) is 21.6. The average molecular weight is 384 g/mol. The number of ether oxygens (including phenoxy) is 2. The Labute approximate surface area is 167 Å². The molecule has 2 aliphatic heterocycles. The molecule has 4 heteroatoms. The summed E-state index contributed by atoms with van der Waals surface area (Å²) < 4.78 is 18.5. The lowest BCUT2D eigenvalue weighted by molar-refractivity contribution is -0.0314. The Balaban J connectivity index is 1.75. The van der Waals surface area contributed by atoms with Crippen LogP contribution >= 0.6 is 0 Å². The highest BCUT2D eigenvalue weighted by molar-refractivity contribution is 5.89. The van der Waals surface area contributed by atoms with Gasteiger partial charge in [0.15, 0.2) is 0 Å². The van der Waals surface area contributed by atoms with E-state index in [4.69, 9.17) is 13.9 Å². The molecule has 0 aliphatic carbocycles. The molecule has 3 heterocycles. The molecule has 0 N–H and O–H groups in total. The van der Waals surface area contributed by atoms with Crippen molar-refractivity contribution in [2.45, 2.75) is 25.4 Å². The molecule has 2 atom stereocenters. The lowest BCUT2D eigenvalue weighted by Crippen LogP contribution is -2.50. The van der Waals surface area contributed by atoms with Gasteiger partial charge in [0.2, 0.25) is 5.43 Å². The van der Waals surface area contributed by atoms with Crippen molar-refractivity contribution in [1.82, 2.24) is 0 Å². The second-order valence-electron chi connectivity index (χ2n) is 8.43. The van der Waals surface area contributed by atoms with Gasteiger partial charge in [0.1, 0.15) is 16.9 Å². The number of benzene rings is 3. The molecule has 6 rings (SSSR count). The molecule has 144 valence electrons. The third-order valence-electron chi connectivity index (χ3n) is 6.42. The van der Waals surface area contributed by atoms with Crippen LogP contribution in [0.25, 0.3) is 21.7 Å². The third-order valence-corrected chi connectivity index (χ3v) is 6.42. The Kier molecular flexibility index (Phi) is 3.24. The van der Waals surface area contributed by atoms with E-state index in [0.29, 0.717) is 29.1 Å². The van der Waals surface area contributed by atoms with E-state index >= 15 is 0 Å². The van der Waals surface area contributed by atoms with Crippen LogP contribution in [-0.4, -0.2) is 12.2 Å². The number of para-hydroxylation sites is 1. The summed E-state index contributed by atoms with van der Waals surface area (Å²) in [4.78, 5) is 13.6. The standard InChI is InChI=1S/C25H20O4/c1-25(2)17-13-27-19-12-11-14-7-3-4-8-15(14)20(19)21(17)22-23(26)16-9-5-6-10-18(16)28-24(22)29-25/h3-12,17,21H,13H2,1-2H3/t17-,21-/m1/s1. The minimum atomic E-state index is -0.537. The minimum Gasteiger partial charge on any atom is -0.493 e. The minimum absolute atomic E-state index is 0.00244. The SMILES string of the molecule is CC1(C)Oc2oc3ccccc3c(=O)c2[C@H]2c3c(ccc4ccccc34)OC[C@H]21. The van der Waals surface area contributed by atoms with Crippen molar-refractivity contribution in [3.8, 4) is 11.7 Å². The molecule has 0 saturated carbocycles. The highest BCUT2D eigenvalue weighted by atomic mass is 16.6. The molecule has 0 saturated heterocycles. The lowest BCUT2D eigenvalue weighted by atomic mass is 9.69. The van der Waals surface area contributed by atoms with Gasteiger partial charge in [0.05, 0.1) is 17.6 Å². The first-order valence-corrected chi connectivity index (χ1v) is 9.94. The molecule has 0 amide bonds. The van der Waals surface area contributed by atoms with Crippen molar-refractivity contribution >= 4 is 21.7 Å². The fourth-order valence-corrected chi connectivity index (χ4v) is 4.94.